The molecule has 0 heterocycles. The van der Waals surface area contributed by atoms with Crippen LogP contribution in [0.4, 0.5) is 5.69 Å². The van der Waals surface area contributed by atoms with Crippen molar-refractivity contribution in [3.05, 3.63) is 29.3 Å². The molecule has 66 valence electrons. The monoisotopic (exact) mass is 165 g/mol. The Morgan fingerprint density at radius 1 is 1.17 bits per heavy atom. The molecule has 1 aromatic rings. The lowest BCUT2D eigenvalue weighted by atomic mass is 10.1. The largest absolute Gasteiger partial charge is 0.365 e. The highest BCUT2D eigenvalue weighted by atomic mass is 16.5. The summed E-state index contributed by atoms with van der Waals surface area (Å²) in [5, 5.41) is 3.15. The fourth-order valence-corrected chi connectivity index (χ4v) is 1.23. The van der Waals surface area contributed by atoms with Crippen molar-refractivity contribution in [3.8, 4) is 0 Å². The number of nitrogens with one attached hydrogen (secondary N) is 1. The highest BCUT2D eigenvalue weighted by molar-refractivity contribution is 5.47. The van der Waals surface area contributed by atoms with Gasteiger partial charge in [0.2, 0.25) is 0 Å². The summed E-state index contributed by atoms with van der Waals surface area (Å²) in [6, 6.07) is 6.36. The molecule has 0 radical (unpaired) electrons. The van der Waals surface area contributed by atoms with E-state index in [1.807, 2.05) is 0 Å². The first-order chi connectivity index (χ1) is 5.72. The van der Waals surface area contributed by atoms with E-state index < -0.39 is 0 Å². The van der Waals surface area contributed by atoms with Gasteiger partial charge in [-0.25, -0.2) is 0 Å². The summed E-state index contributed by atoms with van der Waals surface area (Å²) < 4.78 is 4.91. The van der Waals surface area contributed by atoms with Gasteiger partial charge in [-0.05, 0) is 37.1 Å². The van der Waals surface area contributed by atoms with Crippen molar-refractivity contribution in [1.82, 2.24) is 0 Å². The normalized spacial score (nSPS) is 9.92. The number of methoxy groups -OCH3 is 1. The zero-order valence-corrected chi connectivity index (χ0v) is 7.85. The van der Waals surface area contributed by atoms with Crippen molar-refractivity contribution in [2.75, 3.05) is 19.2 Å². The van der Waals surface area contributed by atoms with Crippen LogP contribution in [0.5, 0.6) is 0 Å². The van der Waals surface area contributed by atoms with Crippen LogP contribution >= 0.6 is 0 Å². The molecule has 1 rings (SSSR count). The Morgan fingerprint density at radius 2 is 1.75 bits per heavy atom. The van der Waals surface area contributed by atoms with Crippen molar-refractivity contribution < 1.29 is 4.74 Å². The maximum Gasteiger partial charge on any atom is 0.116 e. The van der Waals surface area contributed by atoms with Crippen LogP contribution in [-0.2, 0) is 4.74 Å². The fourth-order valence-electron chi connectivity index (χ4n) is 1.23. The van der Waals surface area contributed by atoms with E-state index in [-0.39, 0.29) is 0 Å². The van der Waals surface area contributed by atoms with Crippen molar-refractivity contribution >= 4 is 5.69 Å². The molecule has 1 aromatic carbocycles. The predicted octanol–water partition coefficient (Wildman–Crippen LogP) is 2.32. The van der Waals surface area contributed by atoms with E-state index >= 15 is 0 Å². The molecule has 0 aliphatic heterocycles. The molecule has 0 bridgehead atoms. The first-order valence-electron chi connectivity index (χ1n) is 4.03. The lowest BCUT2D eigenvalue weighted by molar-refractivity contribution is 0.221. The van der Waals surface area contributed by atoms with Gasteiger partial charge < -0.3 is 10.1 Å². The van der Waals surface area contributed by atoms with Crippen LogP contribution in [0.2, 0.25) is 0 Å². The van der Waals surface area contributed by atoms with E-state index in [1.54, 1.807) is 7.11 Å². The SMILES string of the molecule is COCNc1cc(C)cc(C)c1. The quantitative estimate of drug-likeness (QED) is 0.694. The molecule has 0 amide bonds. The fraction of sp³-hybridized carbons (Fsp3) is 0.400. The van der Waals surface area contributed by atoms with Crippen LogP contribution in [0.3, 0.4) is 0 Å². The smallest absolute Gasteiger partial charge is 0.116 e. The third-order valence-corrected chi connectivity index (χ3v) is 1.64. The highest BCUT2D eigenvalue weighted by Gasteiger charge is 1.93. The van der Waals surface area contributed by atoms with E-state index in [0.29, 0.717) is 6.73 Å². The summed E-state index contributed by atoms with van der Waals surface area (Å²) in [4.78, 5) is 0. The molecule has 0 aliphatic rings. The van der Waals surface area contributed by atoms with Gasteiger partial charge in [0.1, 0.15) is 6.73 Å². The van der Waals surface area contributed by atoms with Gasteiger partial charge in [-0.3, -0.25) is 0 Å². The van der Waals surface area contributed by atoms with Gasteiger partial charge in [-0.15, -0.1) is 0 Å². The van der Waals surface area contributed by atoms with E-state index in [1.165, 1.54) is 11.1 Å². The van der Waals surface area contributed by atoms with Crippen LogP contribution in [0.1, 0.15) is 11.1 Å². The zero-order chi connectivity index (χ0) is 8.97. The Bertz CT molecular complexity index is 238. The average molecular weight is 165 g/mol. The summed E-state index contributed by atoms with van der Waals surface area (Å²) in [7, 11) is 1.68. The number of hydrogen-bond donors (Lipinski definition) is 1. The van der Waals surface area contributed by atoms with Crippen LogP contribution < -0.4 is 5.32 Å². The lowest BCUT2D eigenvalue weighted by Gasteiger charge is -2.06. The Balaban J connectivity index is 2.72. The average Bonchev–Trinajstić information content (AvgIpc) is 1.99. The summed E-state index contributed by atoms with van der Waals surface area (Å²) in [6.45, 7) is 4.73. The minimum Gasteiger partial charge on any atom is -0.365 e. The second-order valence-electron chi connectivity index (χ2n) is 2.99. The van der Waals surface area contributed by atoms with Crippen molar-refractivity contribution in [1.29, 1.82) is 0 Å². The van der Waals surface area contributed by atoms with Crippen molar-refractivity contribution in [2.24, 2.45) is 0 Å². The van der Waals surface area contributed by atoms with Crippen LogP contribution in [0.25, 0.3) is 0 Å². The van der Waals surface area contributed by atoms with Gasteiger partial charge in [-0.2, -0.15) is 0 Å². The van der Waals surface area contributed by atoms with Crippen LogP contribution in [0.15, 0.2) is 18.2 Å². The van der Waals surface area contributed by atoms with E-state index in [9.17, 15) is 0 Å². The third kappa shape index (κ3) is 2.55. The molecule has 2 nitrogen and oxygen atoms in total. The van der Waals surface area contributed by atoms with Gasteiger partial charge in [-0.1, -0.05) is 6.07 Å². The predicted molar refractivity (Wildman–Crippen MR) is 51.4 cm³/mol. The molecule has 0 atom stereocenters. The summed E-state index contributed by atoms with van der Waals surface area (Å²) >= 11 is 0. The molecule has 0 saturated heterocycles. The molecule has 0 aliphatic carbocycles. The molecule has 1 N–H and O–H groups in total. The van der Waals surface area contributed by atoms with Crippen molar-refractivity contribution in [3.63, 3.8) is 0 Å². The molecule has 0 spiro atoms. The molecular formula is C10H15NO. The van der Waals surface area contributed by atoms with E-state index in [0.717, 1.165) is 5.69 Å². The number of benzene rings is 1. The zero-order valence-electron chi connectivity index (χ0n) is 7.85. The van der Waals surface area contributed by atoms with Crippen LogP contribution in [0, 0.1) is 13.8 Å². The van der Waals surface area contributed by atoms with Crippen molar-refractivity contribution in [2.45, 2.75) is 13.8 Å². The van der Waals surface area contributed by atoms with Gasteiger partial charge >= 0.3 is 0 Å². The molecule has 0 fully saturated rings. The third-order valence-electron chi connectivity index (χ3n) is 1.64. The molecule has 2 heteroatoms. The summed E-state index contributed by atoms with van der Waals surface area (Å²) in [5.41, 5.74) is 3.66. The van der Waals surface area contributed by atoms with Gasteiger partial charge in [0.05, 0.1) is 0 Å². The molecule has 0 unspecified atom stereocenters. The van der Waals surface area contributed by atoms with Crippen LogP contribution in [-0.4, -0.2) is 13.8 Å². The number of ether oxygens (including phenoxy) is 1. The Kier molecular flexibility index (Phi) is 3.11. The highest BCUT2D eigenvalue weighted by Crippen LogP contribution is 2.12. The molecular weight excluding hydrogens is 150 g/mol. The standard InChI is InChI=1S/C10H15NO/c1-8-4-9(2)6-10(5-8)11-7-12-3/h4-6,11H,7H2,1-3H3. The second-order valence-corrected chi connectivity index (χ2v) is 2.99. The summed E-state index contributed by atoms with van der Waals surface area (Å²) in [6.07, 6.45) is 0. The van der Waals surface area contributed by atoms with Gasteiger partial charge in [0.15, 0.2) is 0 Å². The van der Waals surface area contributed by atoms with E-state index in [2.05, 4.69) is 37.4 Å². The maximum atomic E-state index is 4.91. The molecule has 0 saturated carbocycles. The number of rotatable bonds is 3. The Labute approximate surface area is 73.6 Å². The summed E-state index contributed by atoms with van der Waals surface area (Å²) in [5.74, 6) is 0. The molecule has 0 aromatic heterocycles. The minimum absolute atomic E-state index is 0.558. The topological polar surface area (TPSA) is 21.3 Å². The second kappa shape index (κ2) is 4.12. The first-order valence-corrected chi connectivity index (χ1v) is 4.03. The minimum atomic E-state index is 0.558. The Hall–Kier alpha value is -1.02. The first kappa shape index (κ1) is 9.07. The number of hydrogen-bond acceptors (Lipinski definition) is 2. The maximum absolute atomic E-state index is 4.91. The lowest BCUT2D eigenvalue weighted by Crippen LogP contribution is -2.03. The molecule has 12 heavy (non-hydrogen) atoms. The number of anilines is 1. The van der Waals surface area contributed by atoms with Gasteiger partial charge in [0, 0.05) is 12.8 Å². The number of aryl methyl sites for hydroxylation is 2. The van der Waals surface area contributed by atoms with Gasteiger partial charge in [0.25, 0.3) is 0 Å². The Morgan fingerprint density at radius 3 is 2.25 bits per heavy atom. The van der Waals surface area contributed by atoms with E-state index in [4.69, 9.17) is 4.74 Å².